The number of amides is 2. The number of methoxy groups -OCH3 is 1. The second-order valence-electron chi connectivity index (χ2n) is 19.3. The summed E-state index contributed by atoms with van der Waals surface area (Å²) in [7, 11) is 1.27. The van der Waals surface area contributed by atoms with E-state index < -0.39 is 65.2 Å². The molecule has 4 aliphatic heterocycles. The molecule has 3 atom stereocenters. The predicted molar refractivity (Wildman–Crippen MR) is 263 cm³/mol. The van der Waals surface area contributed by atoms with Crippen LogP contribution in [0.15, 0.2) is 36.4 Å². The zero-order chi connectivity index (χ0) is 51.5. The van der Waals surface area contributed by atoms with Gasteiger partial charge in [-0.15, -0.1) is 0 Å². The topological polar surface area (TPSA) is 130 Å². The number of nitrogens with one attached hydrogen (secondary N) is 2. The number of aryl methyl sites for hydroxylation is 1. The Hall–Kier alpha value is -5.77. The first-order chi connectivity index (χ1) is 33.7. The van der Waals surface area contributed by atoms with Crippen LogP contribution in [0.25, 0.3) is 33.3 Å². The number of carbonyl (C=O) groups excluding carboxylic acids is 3. The van der Waals surface area contributed by atoms with E-state index in [9.17, 15) is 35.9 Å². The molecule has 0 aliphatic carbocycles. The monoisotopic (exact) mass is 989 g/mol. The van der Waals surface area contributed by atoms with E-state index in [4.69, 9.17) is 19.4 Å². The molecule has 0 radical (unpaired) electrons. The van der Waals surface area contributed by atoms with Gasteiger partial charge in [0, 0.05) is 47.3 Å². The fraction of sp³-hybridized carbons (Fsp3) is 0.509. The van der Waals surface area contributed by atoms with E-state index in [0.29, 0.717) is 75.3 Å². The largest absolute Gasteiger partial charge is 0.469 e. The molecule has 8 bridgehead atoms. The average molecular weight is 990 g/mol. The average Bonchev–Trinajstić information content (AvgIpc) is 4.00. The van der Waals surface area contributed by atoms with E-state index in [-0.39, 0.29) is 41.7 Å². The van der Waals surface area contributed by atoms with Crippen molar-refractivity contribution in [2.45, 2.75) is 169 Å². The second kappa shape index (κ2) is 21.9. The quantitative estimate of drug-likeness (QED) is 0.0529. The Kier molecular flexibility index (Phi) is 16.4. The van der Waals surface area contributed by atoms with Crippen molar-refractivity contribution in [3.8, 4) is 0 Å². The molecule has 4 aliphatic rings. The number of nitrogens with zero attached hydrogens (tertiary/aromatic N) is 3. The minimum absolute atomic E-state index is 0.00325. The van der Waals surface area contributed by atoms with Crippen molar-refractivity contribution in [1.29, 1.82) is 0 Å². The Balaban J connectivity index is 1.38. The summed E-state index contributed by atoms with van der Waals surface area (Å²) < 4.78 is 96.1. The number of allylic oxidation sites excluding steroid dienone is 3. The highest BCUT2D eigenvalue weighted by Gasteiger charge is 2.42. The molecule has 71 heavy (non-hydrogen) atoms. The number of halogens is 6. The van der Waals surface area contributed by atoms with Crippen LogP contribution in [0.4, 0.5) is 26.3 Å². The smallest absolute Gasteiger partial charge is 0.416 e. The molecule has 2 aromatic heterocycles. The maximum absolute atomic E-state index is 15.1. The highest BCUT2D eigenvalue weighted by molar-refractivity contribution is 6.23. The number of aromatic nitrogens is 4. The van der Waals surface area contributed by atoms with Gasteiger partial charge < -0.3 is 19.4 Å². The van der Waals surface area contributed by atoms with Gasteiger partial charge in [-0.05, 0) is 111 Å². The molecular formula is C55H65F6N5O5. The first-order valence-corrected chi connectivity index (χ1v) is 25.0. The summed E-state index contributed by atoms with van der Waals surface area (Å²) in [5.41, 5.74) is 4.38. The number of benzene rings is 1. The van der Waals surface area contributed by atoms with Crippen LogP contribution in [-0.2, 0) is 33.2 Å². The summed E-state index contributed by atoms with van der Waals surface area (Å²) in [6.45, 7) is 13.5. The molecule has 2 N–H and O–H groups in total. The summed E-state index contributed by atoms with van der Waals surface area (Å²) in [6, 6.07) is 6.69. The lowest BCUT2D eigenvalue weighted by Gasteiger charge is -2.28. The Morgan fingerprint density at radius 1 is 0.746 bits per heavy atom. The fourth-order valence-corrected chi connectivity index (χ4v) is 10.4. The third-order valence-electron chi connectivity index (χ3n) is 14.5. The van der Waals surface area contributed by atoms with Crippen molar-refractivity contribution in [2.75, 3.05) is 13.7 Å². The molecule has 16 heteroatoms. The van der Waals surface area contributed by atoms with Gasteiger partial charge in [0.25, 0.3) is 11.8 Å². The number of hydrogen-bond donors (Lipinski definition) is 2. The van der Waals surface area contributed by atoms with E-state index in [1.54, 1.807) is 13.0 Å². The Labute approximate surface area is 411 Å². The molecule has 382 valence electrons. The van der Waals surface area contributed by atoms with Crippen molar-refractivity contribution < 1.29 is 50.2 Å². The number of alkyl halides is 6. The summed E-state index contributed by atoms with van der Waals surface area (Å²) in [5, 5.41) is 0. The highest BCUT2D eigenvalue weighted by atomic mass is 19.4. The highest BCUT2D eigenvalue weighted by Crippen LogP contribution is 2.46. The lowest BCUT2D eigenvalue weighted by atomic mass is 9.84. The van der Waals surface area contributed by atoms with E-state index in [2.05, 4.69) is 16.9 Å². The van der Waals surface area contributed by atoms with E-state index in [0.717, 1.165) is 41.6 Å². The lowest BCUT2D eigenvalue weighted by Crippen LogP contribution is -2.40. The number of unbranched alkanes of at least 4 members (excludes halogenated alkanes) is 9. The van der Waals surface area contributed by atoms with Gasteiger partial charge in [-0.3, -0.25) is 19.3 Å². The second-order valence-corrected chi connectivity index (χ2v) is 19.3. The van der Waals surface area contributed by atoms with E-state index in [1.165, 1.54) is 52.1 Å². The van der Waals surface area contributed by atoms with Crippen molar-refractivity contribution in [2.24, 2.45) is 0 Å². The number of esters is 1. The number of fused-ring (bicyclic) bond motifs is 8. The van der Waals surface area contributed by atoms with Gasteiger partial charge in [0.1, 0.15) is 0 Å². The standard InChI is InChI=1S/C55H65F6N5O5/c1-9-11-12-13-14-15-16-17-18-19-22-71-34(7)47-32(5)42-26-41-31(4)39(20-21-46(67)70-8)50(64-41)49-51-48(33(6)43(65-51)27-44-38(10-2)30(3)40(62-44)28-45(47)63-42)52(68)66(53(49)69)29-35-23-36(54(56,57)58)25-37(24-35)55(59,60)61/h23-28,31,34,39,64-65H,9-22,29H2,1-8H3/t31-,34?,39-/m0/s1. The van der Waals surface area contributed by atoms with Crippen LogP contribution < -0.4 is 0 Å². The maximum Gasteiger partial charge on any atom is 0.416 e. The maximum atomic E-state index is 15.1. The molecule has 3 aromatic rings. The van der Waals surface area contributed by atoms with Crippen molar-refractivity contribution in [3.05, 3.63) is 104 Å². The molecule has 0 saturated carbocycles. The van der Waals surface area contributed by atoms with Crippen LogP contribution in [0.1, 0.15) is 214 Å². The normalized spacial score (nSPS) is 17.1. The van der Waals surface area contributed by atoms with E-state index >= 15 is 4.79 Å². The first-order valence-electron chi connectivity index (χ1n) is 25.0. The van der Waals surface area contributed by atoms with Crippen LogP contribution in [0, 0.1) is 6.92 Å². The summed E-state index contributed by atoms with van der Waals surface area (Å²) >= 11 is 0. The lowest BCUT2D eigenvalue weighted by molar-refractivity contribution is -0.143. The summed E-state index contributed by atoms with van der Waals surface area (Å²) in [4.78, 5) is 60.3. The minimum Gasteiger partial charge on any atom is -0.469 e. The number of imide groups is 1. The van der Waals surface area contributed by atoms with E-state index in [1.807, 2.05) is 46.8 Å². The molecule has 1 unspecified atom stereocenters. The molecule has 0 spiro atoms. The first kappa shape index (κ1) is 53.0. The number of ether oxygens (including phenoxy) is 2. The van der Waals surface area contributed by atoms with Crippen LogP contribution in [0.3, 0.4) is 0 Å². The molecule has 10 nitrogen and oxygen atoms in total. The number of hydrogen-bond acceptors (Lipinski definition) is 7. The Bertz CT molecular complexity index is 2780. The number of rotatable bonds is 19. The van der Waals surface area contributed by atoms with Gasteiger partial charge in [-0.25, -0.2) is 9.97 Å². The van der Waals surface area contributed by atoms with Crippen LogP contribution in [-0.4, -0.2) is 62.4 Å². The Morgan fingerprint density at radius 2 is 1.34 bits per heavy atom. The van der Waals surface area contributed by atoms with Crippen LogP contribution >= 0.6 is 0 Å². The third-order valence-corrected chi connectivity index (χ3v) is 14.5. The summed E-state index contributed by atoms with van der Waals surface area (Å²) in [6.07, 6.45) is 2.11. The van der Waals surface area contributed by atoms with Crippen LogP contribution in [0.5, 0.6) is 0 Å². The van der Waals surface area contributed by atoms with Gasteiger partial charge in [-0.2, -0.15) is 26.3 Å². The molecule has 7 rings (SSSR count). The molecule has 1 aromatic carbocycles. The Morgan fingerprint density at radius 3 is 1.94 bits per heavy atom. The zero-order valence-corrected chi connectivity index (χ0v) is 42.0. The number of carbonyl (C=O) groups is 3. The van der Waals surface area contributed by atoms with Gasteiger partial charge in [0.2, 0.25) is 0 Å². The predicted octanol–water partition coefficient (Wildman–Crippen LogP) is 14.6. The SMILES string of the molecule is CCCCCCCCCCCCOC(C)C1=C(C)c2cc3[nH]c(c4c5[nH]c(cc6nc(cc1n2)C(C)=C6CC)c(C)c5C(=O)N(Cc1cc(C(F)(F)F)cc(C(F)(F)F)c1)C4=O)[C@@H](CCC(=O)OC)[C@@H]3C. The molecule has 0 fully saturated rings. The third kappa shape index (κ3) is 11.3. The molecule has 2 amide bonds. The van der Waals surface area contributed by atoms with Gasteiger partial charge in [-0.1, -0.05) is 78.6 Å². The van der Waals surface area contributed by atoms with Crippen molar-refractivity contribution >= 4 is 51.1 Å². The fourth-order valence-electron chi connectivity index (χ4n) is 10.4. The molecule has 6 heterocycles. The minimum atomic E-state index is -5.16. The van der Waals surface area contributed by atoms with Gasteiger partial charge in [0.05, 0.1) is 70.3 Å². The summed E-state index contributed by atoms with van der Waals surface area (Å²) in [5.74, 6) is -3.34. The van der Waals surface area contributed by atoms with Crippen molar-refractivity contribution in [3.63, 3.8) is 0 Å². The van der Waals surface area contributed by atoms with Crippen molar-refractivity contribution in [1.82, 2.24) is 24.8 Å². The van der Waals surface area contributed by atoms with Gasteiger partial charge >= 0.3 is 18.3 Å². The molecular weight excluding hydrogens is 925 g/mol. The zero-order valence-electron chi connectivity index (χ0n) is 42.0. The number of aromatic amines is 2. The molecule has 0 saturated heterocycles. The number of H-pyrrole nitrogens is 2. The van der Waals surface area contributed by atoms with Gasteiger partial charge in [0.15, 0.2) is 0 Å². The van der Waals surface area contributed by atoms with Crippen LogP contribution in [0.2, 0.25) is 0 Å².